The molecule has 88 valence electrons. The molecule has 0 aromatic heterocycles. The Balaban J connectivity index is 3.23. The third-order valence-electron chi connectivity index (χ3n) is 2.09. The summed E-state index contributed by atoms with van der Waals surface area (Å²) in [5.41, 5.74) is 0.153. The normalized spacial score (nSPS) is 10.5. The second kappa shape index (κ2) is 5.56. The molecule has 1 rings (SSSR count). The van der Waals surface area contributed by atoms with Crippen molar-refractivity contribution in [3.05, 3.63) is 29.3 Å². The molecule has 0 atom stereocenters. The van der Waals surface area contributed by atoms with Crippen molar-refractivity contribution < 1.29 is 19.4 Å². The number of carbonyl (C=O) groups is 1. The molecule has 1 aromatic rings. The highest BCUT2D eigenvalue weighted by Crippen LogP contribution is 2.26. The lowest BCUT2D eigenvalue weighted by Crippen LogP contribution is -1.98. The van der Waals surface area contributed by atoms with Crippen LogP contribution in [0.15, 0.2) is 23.8 Å². The van der Waals surface area contributed by atoms with Crippen LogP contribution in [0.2, 0.25) is 0 Å². The van der Waals surface area contributed by atoms with Crippen LogP contribution in [-0.4, -0.2) is 25.3 Å². The number of ether oxygens (including phenoxy) is 2. The van der Waals surface area contributed by atoms with Crippen LogP contribution in [0.25, 0.3) is 6.08 Å². The van der Waals surface area contributed by atoms with Gasteiger partial charge >= 0.3 is 5.97 Å². The predicted octanol–water partition coefficient (Wildman–Crippen LogP) is 1.70. The lowest BCUT2D eigenvalue weighted by molar-refractivity contribution is -0.132. The summed E-state index contributed by atoms with van der Waals surface area (Å²) in [6.45, 7) is 0. The maximum atomic E-state index is 10.7. The average Bonchev–Trinajstić information content (AvgIpc) is 2.35. The van der Waals surface area contributed by atoms with Gasteiger partial charge in [0.15, 0.2) is 0 Å². The highest BCUT2D eigenvalue weighted by atomic mass is 16.5. The average molecular weight is 233 g/mol. The molecular weight excluding hydrogens is 222 g/mol. The fourth-order valence-corrected chi connectivity index (χ4v) is 1.24. The SMILES string of the molecule is COc1ccc(/C=C(\C#N)C(=O)O)c(OC)c1. The van der Waals surface area contributed by atoms with Crippen molar-refractivity contribution in [3.8, 4) is 17.6 Å². The molecule has 0 heterocycles. The van der Waals surface area contributed by atoms with Gasteiger partial charge in [0, 0.05) is 11.6 Å². The van der Waals surface area contributed by atoms with Crippen LogP contribution in [0, 0.1) is 11.3 Å². The van der Waals surface area contributed by atoms with E-state index in [-0.39, 0.29) is 5.57 Å². The number of carboxylic acids is 1. The Hall–Kier alpha value is -2.48. The Kier molecular flexibility index (Phi) is 4.12. The maximum Gasteiger partial charge on any atom is 0.346 e. The van der Waals surface area contributed by atoms with Gasteiger partial charge in [0.2, 0.25) is 0 Å². The van der Waals surface area contributed by atoms with E-state index in [0.29, 0.717) is 17.1 Å². The van der Waals surface area contributed by atoms with Crippen LogP contribution in [0.3, 0.4) is 0 Å². The van der Waals surface area contributed by atoms with Crippen molar-refractivity contribution in [2.24, 2.45) is 0 Å². The topological polar surface area (TPSA) is 79.5 Å². The molecule has 1 aromatic carbocycles. The van der Waals surface area contributed by atoms with Gasteiger partial charge in [0.25, 0.3) is 0 Å². The Morgan fingerprint density at radius 1 is 1.41 bits per heavy atom. The fourth-order valence-electron chi connectivity index (χ4n) is 1.24. The van der Waals surface area contributed by atoms with Gasteiger partial charge in [-0.05, 0) is 18.2 Å². The molecular formula is C12H11NO4. The summed E-state index contributed by atoms with van der Waals surface area (Å²) in [4.78, 5) is 10.7. The van der Waals surface area contributed by atoms with Crippen LogP contribution < -0.4 is 9.47 Å². The van der Waals surface area contributed by atoms with Gasteiger partial charge < -0.3 is 14.6 Å². The van der Waals surface area contributed by atoms with Gasteiger partial charge in [0.05, 0.1) is 14.2 Å². The van der Waals surface area contributed by atoms with Gasteiger partial charge in [-0.25, -0.2) is 4.79 Å². The Labute approximate surface area is 98.5 Å². The largest absolute Gasteiger partial charge is 0.497 e. The molecule has 0 spiro atoms. The standard InChI is InChI=1S/C12H11NO4/c1-16-10-4-3-8(11(6-10)17-2)5-9(7-13)12(14)15/h3-6H,1-2H3,(H,14,15)/b9-5+. The molecule has 0 fully saturated rings. The zero-order valence-electron chi connectivity index (χ0n) is 9.43. The monoisotopic (exact) mass is 233 g/mol. The first-order valence-corrected chi connectivity index (χ1v) is 4.69. The molecule has 0 amide bonds. The van der Waals surface area contributed by atoms with Crippen molar-refractivity contribution in [1.82, 2.24) is 0 Å². The van der Waals surface area contributed by atoms with Crippen molar-refractivity contribution in [3.63, 3.8) is 0 Å². The highest BCUT2D eigenvalue weighted by Gasteiger charge is 2.09. The van der Waals surface area contributed by atoms with Crippen LogP contribution in [-0.2, 0) is 4.79 Å². The van der Waals surface area contributed by atoms with E-state index in [1.54, 1.807) is 24.3 Å². The van der Waals surface area contributed by atoms with E-state index < -0.39 is 5.97 Å². The zero-order chi connectivity index (χ0) is 12.8. The second-order valence-corrected chi connectivity index (χ2v) is 3.08. The predicted molar refractivity (Wildman–Crippen MR) is 60.8 cm³/mol. The third-order valence-corrected chi connectivity index (χ3v) is 2.09. The zero-order valence-corrected chi connectivity index (χ0v) is 9.43. The lowest BCUT2D eigenvalue weighted by atomic mass is 10.1. The molecule has 0 aliphatic carbocycles. The van der Waals surface area contributed by atoms with E-state index in [4.69, 9.17) is 19.8 Å². The molecule has 0 radical (unpaired) electrons. The summed E-state index contributed by atoms with van der Waals surface area (Å²) < 4.78 is 10.1. The number of hydrogen-bond donors (Lipinski definition) is 1. The Morgan fingerprint density at radius 2 is 2.12 bits per heavy atom. The van der Waals surface area contributed by atoms with Crippen molar-refractivity contribution >= 4 is 12.0 Å². The number of rotatable bonds is 4. The Bertz CT molecular complexity index is 500. The van der Waals surface area contributed by atoms with E-state index in [0.717, 1.165) is 0 Å². The first kappa shape index (κ1) is 12.6. The first-order valence-electron chi connectivity index (χ1n) is 4.69. The summed E-state index contributed by atoms with van der Waals surface area (Å²) in [5.74, 6) is -0.239. The lowest BCUT2D eigenvalue weighted by Gasteiger charge is -2.07. The van der Waals surface area contributed by atoms with E-state index in [9.17, 15) is 4.79 Å². The van der Waals surface area contributed by atoms with E-state index in [1.807, 2.05) is 0 Å². The molecule has 0 unspecified atom stereocenters. The minimum absolute atomic E-state index is 0.353. The maximum absolute atomic E-state index is 10.7. The van der Waals surface area contributed by atoms with Crippen molar-refractivity contribution in [1.29, 1.82) is 5.26 Å². The Morgan fingerprint density at radius 3 is 2.59 bits per heavy atom. The summed E-state index contributed by atoms with van der Waals surface area (Å²) in [6, 6.07) is 6.50. The van der Waals surface area contributed by atoms with Gasteiger partial charge in [0.1, 0.15) is 23.1 Å². The van der Waals surface area contributed by atoms with Crippen molar-refractivity contribution in [2.45, 2.75) is 0 Å². The number of carboxylic acid groups (broad SMARTS) is 1. The van der Waals surface area contributed by atoms with Gasteiger partial charge in [-0.1, -0.05) is 0 Å². The molecule has 0 aliphatic rings. The minimum Gasteiger partial charge on any atom is -0.497 e. The quantitative estimate of drug-likeness (QED) is 0.632. The van der Waals surface area contributed by atoms with Gasteiger partial charge in [-0.15, -0.1) is 0 Å². The number of methoxy groups -OCH3 is 2. The molecule has 5 nitrogen and oxygen atoms in total. The smallest absolute Gasteiger partial charge is 0.346 e. The summed E-state index contributed by atoms with van der Waals surface area (Å²) in [6.07, 6.45) is 1.25. The molecule has 5 heteroatoms. The molecule has 0 bridgehead atoms. The molecule has 0 saturated carbocycles. The van der Waals surface area contributed by atoms with Crippen LogP contribution in [0.4, 0.5) is 0 Å². The molecule has 0 saturated heterocycles. The first-order chi connectivity index (χ1) is 8.12. The minimum atomic E-state index is -1.27. The fraction of sp³-hybridized carbons (Fsp3) is 0.167. The second-order valence-electron chi connectivity index (χ2n) is 3.08. The van der Waals surface area contributed by atoms with E-state index >= 15 is 0 Å². The molecule has 0 aliphatic heterocycles. The van der Waals surface area contributed by atoms with E-state index in [1.165, 1.54) is 20.3 Å². The summed E-state index contributed by atoms with van der Waals surface area (Å²) >= 11 is 0. The van der Waals surface area contributed by atoms with Crippen LogP contribution in [0.1, 0.15) is 5.56 Å². The van der Waals surface area contributed by atoms with Gasteiger partial charge in [-0.2, -0.15) is 5.26 Å². The number of nitriles is 1. The number of aliphatic carboxylic acids is 1. The van der Waals surface area contributed by atoms with Crippen LogP contribution >= 0.6 is 0 Å². The molecule has 17 heavy (non-hydrogen) atoms. The third kappa shape index (κ3) is 2.98. The van der Waals surface area contributed by atoms with E-state index in [2.05, 4.69) is 0 Å². The molecule has 1 N–H and O–H groups in total. The number of nitrogens with zero attached hydrogens (tertiary/aromatic N) is 1. The number of hydrogen-bond acceptors (Lipinski definition) is 4. The summed E-state index contributed by atoms with van der Waals surface area (Å²) in [5, 5.41) is 17.4. The highest BCUT2D eigenvalue weighted by molar-refractivity contribution is 5.96. The number of benzene rings is 1. The summed E-state index contributed by atoms with van der Waals surface area (Å²) in [7, 11) is 2.97. The van der Waals surface area contributed by atoms with Gasteiger partial charge in [-0.3, -0.25) is 0 Å². The van der Waals surface area contributed by atoms with Crippen LogP contribution in [0.5, 0.6) is 11.5 Å². The van der Waals surface area contributed by atoms with Crippen molar-refractivity contribution in [2.75, 3.05) is 14.2 Å².